The maximum absolute atomic E-state index is 11.9. The van der Waals surface area contributed by atoms with E-state index >= 15 is 0 Å². The summed E-state index contributed by atoms with van der Waals surface area (Å²) in [6, 6.07) is 10.2. The third-order valence-electron chi connectivity index (χ3n) is 3.09. The van der Waals surface area contributed by atoms with E-state index < -0.39 is 0 Å². The number of nitrogens with zero attached hydrogens (tertiary/aromatic N) is 1. The maximum atomic E-state index is 11.9. The standard InChI is InChI=1S/C13H18N2O/c1-11-6-5-9-15(11)13(16)10-14-12-7-3-2-4-8-12/h2-4,7-8,11,14H,5-6,9-10H2,1H3. The summed E-state index contributed by atoms with van der Waals surface area (Å²) >= 11 is 0. The Balaban J connectivity index is 1.84. The lowest BCUT2D eigenvalue weighted by atomic mass is 10.2. The van der Waals surface area contributed by atoms with Crippen molar-refractivity contribution in [1.82, 2.24) is 4.90 Å². The van der Waals surface area contributed by atoms with Crippen LogP contribution in [0.15, 0.2) is 30.3 Å². The van der Waals surface area contributed by atoms with Gasteiger partial charge in [-0.15, -0.1) is 0 Å². The highest BCUT2D eigenvalue weighted by Gasteiger charge is 2.24. The largest absolute Gasteiger partial charge is 0.376 e. The fraction of sp³-hybridized carbons (Fsp3) is 0.462. The molecule has 1 amide bonds. The molecule has 1 aliphatic rings. The first kappa shape index (κ1) is 11.0. The summed E-state index contributed by atoms with van der Waals surface area (Å²) in [5, 5.41) is 3.15. The number of benzene rings is 1. The molecule has 0 aromatic heterocycles. The molecule has 1 atom stereocenters. The molecule has 86 valence electrons. The molecule has 0 spiro atoms. The molecule has 1 aromatic rings. The molecule has 16 heavy (non-hydrogen) atoms. The van der Waals surface area contributed by atoms with Crippen LogP contribution in [-0.2, 0) is 4.79 Å². The van der Waals surface area contributed by atoms with Crippen molar-refractivity contribution >= 4 is 11.6 Å². The number of likely N-dealkylation sites (tertiary alicyclic amines) is 1. The van der Waals surface area contributed by atoms with Gasteiger partial charge in [-0.1, -0.05) is 18.2 Å². The predicted octanol–water partition coefficient (Wildman–Crippen LogP) is 2.11. The highest BCUT2D eigenvalue weighted by Crippen LogP contribution is 2.16. The van der Waals surface area contributed by atoms with Crippen molar-refractivity contribution in [2.75, 3.05) is 18.4 Å². The number of nitrogens with one attached hydrogen (secondary N) is 1. The Morgan fingerprint density at radius 2 is 2.19 bits per heavy atom. The van der Waals surface area contributed by atoms with Crippen LogP contribution in [0.25, 0.3) is 0 Å². The van der Waals surface area contributed by atoms with Crippen LogP contribution in [0.2, 0.25) is 0 Å². The van der Waals surface area contributed by atoms with E-state index in [1.165, 1.54) is 0 Å². The molecule has 1 aromatic carbocycles. The molecule has 1 heterocycles. The highest BCUT2D eigenvalue weighted by molar-refractivity contribution is 5.81. The van der Waals surface area contributed by atoms with E-state index in [9.17, 15) is 4.79 Å². The lowest BCUT2D eigenvalue weighted by Crippen LogP contribution is -2.37. The molecule has 1 N–H and O–H groups in total. The van der Waals surface area contributed by atoms with Crippen molar-refractivity contribution in [3.63, 3.8) is 0 Å². The topological polar surface area (TPSA) is 32.3 Å². The third kappa shape index (κ3) is 2.54. The van der Waals surface area contributed by atoms with Crippen LogP contribution >= 0.6 is 0 Å². The van der Waals surface area contributed by atoms with Crippen LogP contribution in [0.1, 0.15) is 19.8 Å². The Morgan fingerprint density at radius 3 is 2.81 bits per heavy atom. The molecule has 1 aliphatic heterocycles. The number of anilines is 1. The summed E-state index contributed by atoms with van der Waals surface area (Å²) in [6.45, 7) is 3.43. The number of carbonyl (C=O) groups excluding carboxylic acids is 1. The first-order valence-electron chi connectivity index (χ1n) is 5.86. The number of rotatable bonds is 3. The van der Waals surface area contributed by atoms with Gasteiger partial charge in [-0.3, -0.25) is 4.79 Å². The van der Waals surface area contributed by atoms with Gasteiger partial charge in [-0.05, 0) is 31.9 Å². The van der Waals surface area contributed by atoms with E-state index in [0.717, 1.165) is 25.1 Å². The summed E-state index contributed by atoms with van der Waals surface area (Å²) in [7, 11) is 0. The van der Waals surface area contributed by atoms with Gasteiger partial charge in [0.05, 0.1) is 6.54 Å². The zero-order chi connectivity index (χ0) is 11.4. The fourth-order valence-electron chi connectivity index (χ4n) is 2.14. The third-order valence-corrected chi connectivity index (χ3v) is 3.09. The second kappa shape index (κ2) is 5.01. The molecule has 1 saturated heterocycles. The van der Waals surface area contributed by atoms with E-state index in [4.69, 9.17) is 0 Å². The quantitative estimate of drug-likeness (QED) is 0.842. The summed E-state index contributed by atoms with van der Waals surface area (Å²) < 4.78 is 0. The van der Waals surface area contributed by atoms with Crippen LogP contribution in [0.4, 0.5) is 5.69 Å². The molecule has 0 radical (unpaired) electrons. The van der Waals surface area contributed by atoms with Gasteiger partial charge in [0.2, 0.25) is 5.91 Å². The summed E-state index contributed by atoms with van der Waals surface area (Å²) in [5.74, 6) is 0.203. The van der Waals surface area contributed by atoms with Gasteiger partial charge in [0.1, 0.15) is 0 Å². The molecule has 0 aliphatic carbocycles. The van der Waals surface area contributed by atoms with Gasteiger partial charge < -0.3 is 10.2 Å². The minimum atomic E-state index is 0.203. The van der Waals surface area contributed by atoms with E-state index in [0.29, 0.717) is 12.6 Å². The second-order valence-electron chi connectivity index (χ2n) is 4.30. The van der Waals surface area contributed by atoms with Crippen molar-refractivity contribution in [2.24, 2.45) is 0 Å². The second-order valence-corrected chi connectivity index (χ2v) is 4.30. The van der Waals surface area contributed by atoms with Gasteiger partial charge in [-0.2, -0.15) is 0 Å². The molecule has 3 heteroatoms. The van der Waals surface area contributed by atoms with Crippen LogP contribution in [0.3, 0.4) is 0 Å². The van der Waals surface area contributed by atoms with Crippen molar-refractivity contribution in [3.05, 3.63) is 30.3 Å². The molecule has 0 saturated carbocycles. The summed E-state index contributed by atoms with van der Waals surface area (Å²) in [5.41, 5.74) is 1.00. The number of hydrogen-bond donors (Lipinski definition) is 1. The average molecular weight is 218 g/mol. The smallest absolute Gasteiger partial charge is 0.242 e. The minimum Gasteiger partial charge on any atom is -0.376 e. The lowest BCUT2D eigenvalue weighted by molar-refractivity contribution is -0.129. The fourth-order valence-corrected chi connectivity index (χ4v) is 2.14. The van der Waals surface area contributed by atoms with Crippen LogP contribution < -0.4 is 5.32 Å². The van der Waals surface area contributed by atoms with Gasteiger partial charge in [-0.25, -0.2) is 0 Å². The predicted molar refractivity (Wildman–Crippen MR) is 65.3 cm³/mol. The van der Waals surface area contributed by atoms with Crippen molar-refractivity contribution < 1.29 is 4.79 Å². The zero-order valence-electron chi connectivity index (χ0n) is 9.65. The molecule has 3 nitrogen and oxygen atoms in total. The monoisotopic (exact) mass is 218 g/mol. The number of hydrogen-bond acceptors (Lipinski definition) is 2. The van der Waals surface area contributed by atoms with Gasteiger partial charge >= 0.3 is 0 Å². The SMILES string of the molecule is CC1CCCN1C(=O)CNc1ccccc1. The van der Waals surface area contributed by atoms with Crippen LogP contribution in [-0.4, -0.2) is 29.9 Å². The summed E-state index contributed by atoms with van der Waals surface area (Å²) in [4.78, 5) is 13.9. The number of amides is 1. The summed E-state index contributed by atoms with van der Waals surface area (Å²) in [6.07, 6.45) is 2.27. The Kier molecular flexibility index (Phi) is 3.44. The first-order chi connectivity index (χ1) is 7.77. The Morgan fingerprint density at radius 1 is 1.44 bits per heavy atom. The molecular weight excluding hydrogens is 200 g/mol. The van der Waals surface area contributed by atoms with E-state index in [-0.39, 0.29) is 5.91 Å². The first-order valence-corrected chi connectivity index (χ1v) is 5.86. The Labute approximate surface area is 96.5 Å². The highest BCUT2D eigenvalue weighted by atomic mass is 16.2. The Hall–Kier alpha value is -1.51. The van der Waals surface area contributed by atoms with Gasteiger partial charge in [0.25, 0.3) is 0 Å². The number of carbonyl (C=O) groups is 1. The van der Waals surface area contributed by atoms with Crippen LogP contribution in [0.5, 0.6) is 0 Å². The van der Waals surface area contributed by atoms with E-state index in [1.807, 2.05) is 35.2 Å². The molecule has 1 unspecified atom stereocenters. The van der Waals surface area contributed by atoms with Gasteiger partial charge in [0, 0.05) is 18.3 Å². The molecular formula is C13H18N2O. The van der Waals surface area contributed by atoms with E-state index in [1.54, 1.807) is 0 Å². The molecule has 1 fully saturated rings. The normalized spacial score (nSPS) is 19.8. The average Bonchev–Trinajstić information content (AvgIpc) is 2.74. The molecule has 2 rings (SSSR count). The number of para-hydroxylation sites is 1. The van der Waals surface area contributed by atoms with E-state index in [2.05, 4.69) is 12.2 Å². The maximum Gasteiger partial charge on any atom is 0.242 e. The zero-order valence-corrected chi connectivity index (χ0v) is 9.65. The minimum absolute atomic E-state index is 0.203. The van der Waals surface area contributed by atoms with Crippen molar-refractivity contribution in [3.8, 4) is 0 Å². The van der Waals surface area contributed by atoms with Gasteiger partial charge in [0.15, 0.2) is 0 Å². The van der Waals surface area contributed by atoms with Crippen molar-refractivity contribution in [2.45, 2.75) is 25.8 Å². The van der Waals surface area contributed by atoms with Crippen LogP contribution in [0, 0.1) is 0 Å². The lowest BCUT2D eigenvalue weighted by Gasteiger charge is -2.21. The Bertz CT molecular complexity index is 350. The van der Waals surface area contributed by atoms with Crippen molar-refractivity contribution in [1.29, 1.82) is 0 Å². The molecule has 0 bridgehead atoms.